The summed E-state index contributed by atoms with van der Waals surface area (Å²) in [4.78, 5) is 2.63. The van der Waals surface area contributed by atoms with Gasteiger partial charge in [0, 0.05) is 6.54 Å². The molecule has 0 amide bonds. The van der Waals surface area contributed by atoms with Crippen LogP contribution in [0, 0.1) is 11.3 Å². The molecular weight excluding hydrogens is 246 g/mol. The van der Waals surface area contributed by atoms with E-state index >= 15 is 0 Å². The maximum atomic E-state index is 5.31. The maximum Gasteiger partial charge on any atom is 0.119 e. The van der Waals surface area contributed by atoms with Crippen molar-refractivity contribution in [2.24, 2.45) is 11.3 Å². The molecule has 0 aromatic heterocycles. The van der Waals surface area contributed by atoms with E-state index in [-0.39, 0.29) is 0 Å². The van der Waals surface area contributed by atoms with Gasteiger partial charge in [-0.1, -0.05) is 32.9 Å². The lowest BCUT2D eigenvalue weighted by Gasteiger charge is -2.36. The minimum absolute atomic E-state index is 0.416. The van der Waals surface area contributed by atoms with E-state index in [4.69, 9.17) is 4.74 Å². The first-order chi connectivity index (χ1) is 9.46. The van der Waals surface area contributed by atoms with Gasteiger partial charge >= 0.3 is 0 Å². The van der Waals surface area contributed by atoms with E-state index in [2.05, 4.69) is 43.9 Å². The van der Waals surface area contributed by atoms with Gasteiger partial charge in [-0.25, -0.2) is 0 Å². The number of hydrogen-bond donors (Lipinski definition) is 0. The summed E-state index contributed by atoms with van der Waals surface area (Å²) in [6, 6.07) is 8.53. The lowest BCUT2D eigenvalue weighted by Crippen LogP contribution is -2.39. The summed E-state index contributed by atoms with van der Waals surface area (Å²) < 4.78 is 5.31. The number of benzene rings is 1. The summed E-state index contributed by atoms with van der Waals surface area (Å²) >= 11 is 0. The SMILES string of the molecule is COc1cccc(CC2CCN(CC(C)(C)C)CC2)c1. The van der Waals surface area contributed by atoms with Crippen molar-refractivity contribution in [1.82, 2.24) is 4.90 Å². The van der Waals surface area contributed by atoms with Crippen molar-refractivity contribution in [1.29, 1.82) is 0 Å². The van der Waals surface area contributed by atoms with Crippen molar-refractivity contribution in [2.75, 3.05) is 26.7 Å². The molecular formula is C18H29NO. The smallest absolute Gasteiger partial charge is 0.119 e. The lowest BCUT2D eigenvalue weighted by atomic mass is 9.88. The van der Waals surface area contributed by atoms with Gasteiger partial charge in [0.15, 0.2) is 0 Å². The average Bonchev–Trinajstić information content (AvgIpc) is 2.40. The van der Waals surface area contributed by atoms with Gasteiger partial charge in [-0.05, 0) is 61.4 Å². The zero-order valence-corrected chi connectivity index (χ0v) is 13.5. The van der Waals surface area contributed by atoms with Crippen molar-refractivity contribution in [3.63, 3.8) is 0 Å². The molecule has 0 unspecified atom stereocenters. The summed E-state index contributed by atoms with van der Waals surface area (Å²) in [5.74, 6) is 1.81. The molecule has 2 nitrogen and oxygen atoms in total. The minimum Gasteiger partial charge on any atom is -0.497 e. The van der Waals surface area contributed by atoms with E-state index in [0.29, 0.717) is 5.41 Å². The van der Waals surface area contributed by atoms with Gasteiger partial charge in [0.1, 0.15) is 5.75 Å². The molecule has 1 aliphatic heterocycles. The molecule has 0 spiro atoms. The molecule has 0 saturated carbocycles. The van der Waals surface area contributed by atoms with Crippen molar-refractivity contribution in [3.8, 4) is 5.75 Å². The summed E-state index contributed by atoms with van der Waals surface area (Å²) in [6.07, 6.45) is 3.85. The molecule has 1 heterocycles. The quantitative estimate of drug-likeness (QED) is 0.823. The molecule has 0 radical (unpaired) electrons. The highest BCUT2D eigenvalue weighted by molar-refractivity contribution is 5.28. The third kappa shape index (κ3) is 4.82. The second kappa shape index (κ2) is 6.62. The molecule has 1 aromatic rings. The van der Waals surface area contributed by atoms with E-state index in [0.717, 1.165) is 11.7 Å². The monoisotopic (exact) mass is 275 g/mol. The standard InChI is InChI=1S/C18H29NO/c1-18(2,3)14-19-10-8-15(9-11-19)12-16-6-5-7-17(13-16)20-4/h5-7,13,15H,8-12,14H2,1-4H3. The molecule has 0 atom stereocenters. The van der Waals surface area contributed by atoms with E-state index in [1.807, 2.05) is 6.07 Å². The van der Waals surface area contributed by atoms with Crippen LogP contribution in [0.5, 0.6) is 5.75 Å². The Hall–Kier alpha value is -1.02. The third-order valence-corrected chi connectivity index (χ3v) is 4.06. The Balaban J connectivity index is 1.82. The Kier molecular flexibility index (Phi) is 5.09. The number of rotatable bonds is 4. The Morgan fingerprint density at radius 3 is 2.50 bits per heavy atom. The molecule has 1 aromatic carbocycles. The second-order valence-corrected chi connectivity index (χ2v) is 7.34. The van der Waals surface area contributed by atoms with Gasteiger partial charge in [-0.2, -0.15) is 0 Å². The van der Waals surface area contributed by atoms with Crippen LogP contribution in [0.3, 0.4) is 0 Å². The first-order valence-corrected chi connectivity index (χ1v) is 7.81. The van der Waals surface area contributed by atoms with Crippen LogP contribution in [-0.4, -0.2) is 31.6 Å². The Labute approximate surface area is 124 Å². The molecule has 0 aliphatic carbocycles. The lowest BCUT2D eigenvalue weighted by molar-refractivity contribution is 0.136. The Bertz CT molecular complexity index is 414. The van der Waals surface area contributed by atoms with Gasteiger partial charge in [0.25, 0.3) is 0 Å². The first kappa shape index (κ1) is 15.4. The number of piperidine rings is 1. The molecule has 0 bridgehead atoms. The minimum atomic E-state index is 0.416. The van der Waals surface area contributed by atoms with Crippen LogP contribution in [0.1, 0.15) is 39.2 Å². The number of nitrogens with zero attached hydrogens (tertiary/aromatic N) is 1. The van der Waals surface area contributed by atoms with E-state index in [1.165, 1.54) is 44.5 Å². The zero-order valence-electron chi connectivity index (χ0n) is 13.5. The van der Waals surface area contributed by atoms with Crippen LogP contribution in [0.25, 0.3) is 0 Å². The van der Waals surface area contributed by atoms with Crippen molar-refractivity contribution in [3.05, 3.63) is 29.8 Å². The molecule has 2 heteroatoms. The molecule has 1 saturated heterocycles. The van der Waals surface area contributed by atoms with Crippen molar-refractivity contribution < 1.29 is 4.74 Å². The van der Waals surface area contributed by atoms with Crippen LogP contribution in [-0.2, 0) is 6.42 Å². The average molecular weight is 275 g/mol. The Morgan fingerprint density at radius 2 is 1.90 bits per heavy atom. The topological polar surface area (TPSA) is 12.5 Å². The molecule has 2 rings (SSSR count). The summed E-state index contributed by atoms with van der Waals surface area (Å²) in [5.41, 5.74) is 1.83. The van der Waals surface area contributed by atoms with Crippen LogP contribution >= 0.6 is 0 Å². The number of ether oxygens (including phenoxy) is 1. The fourth-order valence-corrected chi connectivity index (χ4v) is 3.15. The molecule has 0 N–H and O–H groups in total. The van der Waals surface area contributed by atoms with Gasteiger partial charge in [-0.3, -0.25) is 0 Å². The highest BCUT2D eigenvalue weighted by Crippen LogP contribution is 2.25. The predicted molar refractivity (Wildman–Crippen MR) is 85.3 cm³/mol. The highest BCUT2D eigenvalue weighted by atomic mass is 16.5. The van der Waals surface area contributed by atoms with Crippen LogP contribution < -0.4 is 4.74 Å². The van der Waals surface area contributed by atoms with Gasteiger partial charge in [0.2, 0.25) is 0 Å². The molecule has 112 valence electrons. The second-order valence-electron chi connectivity index (χ2n) is 7.34. The third-order valence-electron chi connectivity index (χ3n) is 4.06. The molecule has 1 aliphatic rings. The van der Waals surface area contributed by atoms with Crippen LogP contribution in [0.4, 0.5) is 0 Å². The molecule has 20 heavy (non-hydrogen) atoms. The first-order valence-electron chi connectivity index (χ1n) is 7.81. The van der Waals surface area contributed by atoms with E-state index in [9.17, 15) is 0 Å². The predicted octanol–water partition coefficient (Wildman–Crippen LogP) is 4.00. The molecule has 1 fully saturated rings. The Morgan fingerprint density at radius 1 is 1.20 bits per heavy atom. The normalized spacial score (nSPS) is 18.2. The zero-order chi connectivity index (χ0) is 14.6. The van der Waals surface area contributed by atoms with Crippen molar-refractivity contribution >= 4 is 0 Å². The largest absolute Gasteiger partial charge is 0.497 e. The van der Waals surface area contributed by atoms with Crippen LogP contribution in [0.2, 0.25) is 0 Å². The fraction of sp³-hybridized carbons (Fsp3) is 0.667. The fourth-order valence-electron chi connectivity index (χ4n) is 3.15. The van der Waals surface area contributed by atoms with Gasteiger partial charge < -0.3 is 9.64 Å². The summed E-state index contributed by atoms with van der Waals surface area (Å²) in [6.45, 7) is 10.7. The van der Waals surface area contributed by atoms with Gasteiger partial charge in [-0.15, -0.1) is 0 Å². The summed E-state index contributed by atoms with van der Waals surface area (Å²) in [7, 11) is 1.74. The number of methoxy groups -OCH3 is 1. The number of likely N-dealkylation sites (tertiary alicyclic amines) is 1. The van der Waals surface area contributed by atoms with E-state index < -0.39 is 0 Å². The van der Waals surface area contributed by atoms with Crippen LogP contribution in [0.15, 0.2) is 24.3 Å². The maximum absolute atomic E-state index is 5.31. The summed E-state index contributed by atoms with van der Waals surface area (Å²) in [5, 5.41) is 0. The van der Waals surface area contributed by atoms with Gasteiger partial charge in [0.05, 0.1) is 7.11 Å². The van der Waals surface area contributed by atoms with Crippen molar-refractivity contribution in [2.45, 2.75) is 40.0 Å². The highest BCUT2D eigenvalue weighted by Gasteiger charge is 2.23. The van der Waals surface area contributed by atoms with E-state index in [1.54, 1.807) is 7.11 Å². The number of hydrogen-bond acceptors (Lipinski definition) is 2.